The molecule has 22 heavy (non-hydrogen) atoms. The Balaban J connectivity index is 1.94. The fourth-order valence-electron chi connectivity index (χ4n) is 2.16. The quantitative estimate of drug-likeness (QED) is 0.890. The van der Waals surface area contributed by atoms with Gasteiger partial charge in [0.15, 0.2) is 0 Å². The molecule has 2 aromatic rings. The number of pyridine rings is 1. The number of nitrogens with one attached hydrogen (secondary N) is 1. The van der Waals surface area contributed by atoms with Gasteiger partial charge in [0.1, 0.15) is 5.01 Å². The molecule has 118 valence electrons. The van der Waals surface area contributed by atoms with Crippen LogP contribution in [0.25, 0.3) is 10.7 Å². The number of aryl methyl sites for hydroxylation is 1. The lowest BCUT2D eigenvalue weighted by Crippen LogP contribution is -2.40. The highest BCUT2D eigenvalue weighted by Gasteiger charge is 2.12. The third-order valence-electron chi connectivity index (χ3n) is 3.46. The van der Waals surface area contributed by atoms with Crippen molar-refractivity contribution >= 4 is 17.4 Å². The van der Waals surface area contributed by atoms with E-state index in [9.17, 15) is 4.79 Å². The van der Waals surface area contributed by atoms with Crippen molar-refractivity contribution in [2.24, 2.45) is 0 Å². The third-order valence-corrected chi connectivity index (χ3v) is 4.70. The molecule has 6 heteroatoms. The zero-order valence-electron chi connectivity index (χ0n) is 13.3. The number of amides is 2. The van der Waals surface area contributed by atoms with Crippen LogP contribution < -0.4 is 5.32 Å². The molecule has 0 radical (unpaired) electrons. The Bertz CT molecular complexity index is 608. The van der Waals surface area contributed by atoms with Gasteiger partial charge < -0.3 is 10.2 Å². The maximum Gasteiger partial charge on any atom is 0.317 e. The molecule has 0 fully saturated rings. The summed E-state index contributed by atoms with van der Waals surface area (Å²) in [5.74, 6) is 0. The highest BCUT2D eigenvalue weighted by Crippen LogP contribution is 2.26. The molecule has 0 aliphatic heterocycles. The maximum absolute atomic E-state index is 11.9. The highest BCUT2D eigenvalue weighted by molar-refractivity contribution is 7.15. The van der Waals surface area contributed by atoms with Gasteiger partial charge in [-0.25, -0.2) is 9.78 Å². The Kier molecular flexibility index (Phi) is 5.89. The van der Waals surface area contributed by atoms with E-state index >= 15 is 0 Å². The van der Waals surface area contributed by atoms with E-state index < -0.39 is 0 Å². The fourth-order valence-corrected chi connectivity index (χ4v) is 3.20. The van der Waals surface area contributed by atoms with E-state index in [0.717, 1.165) is 35.9 Å². The Morgan fingerprint density at radius 3 is 2.73 bits per heavy atom. The van der Waals surface area contributed by atoms with Gasteiger partial charge in [-0.15, -0.1) is 11.3 Å². The molecule has 0 aromatic carbocycles. The number of hydrogen-bond donors (Lipinski definition) is 1. The topological polar surface area (TPSA) is 58.1 Å². The molecule has 0 saturated carbocycles. The van der Waals surface area contributed by atoms with Crippen molar-refractivity contribution in [1.82, 2.24) is 20.2 Å². The Labute approximate surface area is 135 Å². The van der Waals surface area contributed by atoms with Crippen LogP contribution in [0.4, 0.5) is 4.79 Å². The molecule has 0 aliphatic carbocycles. The van der Waals surface area contributed by atoms with E-state index in [1.165, 1.54) is 4.88 Å². The van der Waals surface area contributed by atoms with Crippen LogP contribution >= 0.6 is 11.3 Å². The molecular formula is C16H22N4OS. The number of carbonyl (C=O) groups is 1. The van der Waals surface area contributed by atoms with Gasteiger partial charge >= 0.3 is 6.03 Å². The van der Waals surface area contributed by atoms with Gasteiger partial charge in [0.05, 0.1) is 11.4 Å². The van der Waals surface area contributed by atoms with E-state index in [0.29, 0.717) is 6.54 Å². The van der Waals surface area contributed by atoms with Crippen LogP contribution in [0, 0.1) is 6.92 Å². The molecule has 0 unspecified atom stereocenters. The molecule has 1 N–H and O–H groups in total. The third kappa shape index (κ3) is 4.04. The van der Waals surface area contributed by atoms with Crippen molar-refractivity contribution in [1.29, 1.82) is 0 Å². The van der Waals surface area contributed by atoms with Crippen LogP contribution in [0.15, 0.2) is 24.4 Å². The summed E-state index contributed by atoms with van der Waals surface area (Å²) in [7, 11) is 0. The van der Waals surface area contributed by atoms with E-state index in [1.54, 1.807) is 22.4 Å². The smallest absolute Gasteiger partial charge is 0.317 e. The first-order chi connectivity index (χ1) is 10.7. The second kappa shape index (κ2) is 7.89. The van der Waals surface area contributed by atoms with Gasteiger partial charge in [0, 0.05) is 37.1 Å². The summed E-state index contributed by atoms with van der Waals surface area (Å²) in [6.45, 7) is 8.05. The Morgan fingerprint density at radius 2 is 2.09 bits per heavy atom. The molecule has 0 atom stereocenters. The average molecular weight is 318 g/mol. The lowest BCUT2D eigenvalue weighted by atomic mass is 10.3. The molecule has 0 aliphatic rings. The molecule has 2 aromatic heterocycles. The normalized spacial score (nSPS) is 10.5. The molecule has 2 amide bonds. The summed E-state index contributed by atoms with van der Waals surface area (Å²) >= 11 is 1.65. The van der Waals surface area contributed by atoms with Crippen LogP contribution in [-0.2, 0) is 6.42 Å². The summed E-state index contributed by atoms with van der Waals surface area (Å²) in [6, 6.07) is 5.82. The van der Waals surface area contributed by atoms with Crippen molar-refractivity contribution < 1.29 is 4.79 Å². The van der Waals surface area contributed by atoms with Gasteiger partial charge in [-0.1, -0.05) is 6.07 Å². The first-order valence-electron chi connectivity index (χ1n) is 7.56. The number of carbonyl (C=O) groups excluding carboxylic acids is 1. The van der Waals surface area contributed by atoms with Gasteiger partial charge in [0.25, 0.3) is 0 Å². The highest BCUT2D eigenvalue weighted by atomic mass is 32.1. The largest absolute Gasteiger partial charge is 0.338 e. The fraction of sp³-hybridized carbons (Fsp3) is 0.438. The standard InChI is InChI=1S/C16H22N4OS/c1-4-20(5-2)16(21)18-11-9-14-12(3)19-15(22-14)13-8-6-7-10-17-13/h6-8,10H,4-5,9,11H2,1-3H3,(H,18,21). The van der Waals surface area contributed by atoms with Crippen molar-refractivity contribution in [2.45, 2.75) is 27.2 Å². The van der Waals surface area contributed by atoms with Crippen LogP contribution in [-0.4, -0.2) is 40.5 Å². The van der Waals surface area contributed by atoms with Crippen molar-refractivity contribution in [3.63, 3.8) is 0 Å². The number of thiazole rings is 1. The number of nitrogens with zero attached hydrogens (tertiary/aromatic N) is 3. The van der Waals surface area contributed by atoms with E-state index in [4.69, 9.17) is 0 Å². The van der Waals surface area contributed by atoms with Gasteiger partial charge in [-0.3, -0.25) is 4.98 Å². The minimum atomic E-state index is -0.00267. The van der Waals surface area contributed by atoms with E-state index in [1.807, 2.05) is 39.0 Å². The minimum Gasteiger partial charge on any atom is -0.338 e. The Morgan fingerprint density at radius 1 is 1.32 bits per heavy atom. The van der Waals surface area contributed by atoms with Crippen molar-refractivity contribution in [3.05, 3.63) is 35.0 Å². The minimum absolute atomic E-state index is 0.00267. The van der Waals surface area contributed by atoms with Gasteiger partial charge in [-0.2, -0.15) is 0 Å². The number of rotatable bonds is 6. The predicted octanol–water partition coefficient (Wildman–Crippen LogP) is 3.11. The first-order valence-corrected chi connectivity index (χ1v) is 8.37. The summed E-state index contributed by atoms with van der Waals surface area (Å²) in [5.41, 5.74) is 1.91. The average Bonchev–Trinajstić information content (AvgIpc) is 2.91. The zero-order chi connectivity index (χ0) is 15.9. The van der Waals surface area contributed by atoms with E-state index in [-0.39, 0.29) is 6.03 Å². The zero-order valence-corrected chi connectivity index (χ0v) is 14.1. The van der Waals surface area contributed by atoms with Crippen LogP contribution in [0.2, 0.25) is 0 Å². The molecule has 0 saturated heterocycles. The monoisotopic (exact) mass is 318 g/mol. The van der Waals surface area contributed by atoms with Crippen molar-refractivity contribution in [3.8, 4) is 10.7 Å². The van der Waals surface area contributed by atoms with E-state index in [2.05, 4.69) is 15.3 Å². The summed E-state index contributed by atoms with van der Waals surface area (Å²) < 4.78 is 0. The molecule has 0 spiro atoms. The molecule has 0 bridgehead atoms. The lowest BCUT2D eigenvalue weighted by molar-refractivity contribution is 0.203. The van der Waals surface area contributed by atoms with Gasteiger partial charge in [-0.05, 0) is 32.9 Å². The van der Waals surface area contributed by atoms with Crippen LogP contribution in [0.5, 0.6) is 0 Å². The predicted molar refractivity (Wildman–Crippen MR) is 90.1 cm³/mol. The van der Waals surface area contributed by atoms with Crippen LogP contribution in [0.3, 0.4) is 0 Å². The van der Waals surface area contributed by atoms with Crippen LogP contribution in [0.1, 0.15) is 24.4 Å². The number of urea groups is 1. The molecular weight excluding hydrogens is 296 g/mol. The second-order valence-corrected chi connectivity index (χ2v) is 5.98. The lowest BCUT2D eigenvalue weighted by Gasteiger charge is -2.18. The summed E-state index contributed by atoms with van der Waals surface area (Å²) in [5, 5.41) is 3.89. The number of hydrogen-bond acceptors (Lipinski definition) is 4. The maximum atomic E-state index is 11.9. The Hall–Kier alpha value is -1.95. The SMILES string of the molecule is CCN(CC)C(=O)NCCc1sc(-c2ccccn2)nc1C. The first kappa shape index (κ1) is 16.4. The molecule has 2 rings (SSSR count). The molecule has 2 heterocycles. The summed E-state index contributed by atoms with van der Waals surface area (Å²) in [6.07, 6.45) is 2.57. The van der Waals surface area contributed by atoms with Gasteiger partial charge in [0.2, 0.25) is 0 Å². The van der Waals surface area contributed by atoms with Crippen molar-refractivity contribution in [2.75, 3.05) is 19.6 Å². The molecule has 5 nitrogen and oxygen atoms in total. The number of aromatic nitrogens is 2. The summed E-state index contributed by atoms with van der Waals surface area (Å²) in [4.78, 5) is 23.8. The second-order valence-electron chi connectivity index (χ2n) is 4.90.